The molecule has 0 saturated carbocycles. The first-order valence-electron chi connectivity index (χ1n) is 6.48. The van der Waals surface area contributed by atoms with Crippen LogP contribution in [0.3, 0.4) is 0 Å². The Kier molecular flexibility index (Phi) is 6.61. The third-order valence-electron chi connectivity index (χ3n) is 2.66. The van der Waals surface area contributed by atoms with Gasteiger partial charge in [-0.25, -0.2) is 9.78 Å². The van der Waals surface area contributed by atoms with Crippen molar-refractivity contribution < 1.29 is 22.7 Å². The van der Waals surface area contributed by atoms with E-state index < -0.39 is 17.8 Å². The van der Waals surface area contributed by atoms with Gasteiger partial charge in [-0.15, -0.1) is 0 Å². The van der Waals surface area contributed by atoms with E-state index in [4.69, 9.17) is 4.74 Å². The van der Waals surface area contributed by atoms with Crippen molar-refractivity contribution >= 4 is 27.8 Å². The maximum atomic E-state index is 12.7. The Hall–Kier alpha value is -1.35. The fourth-order valence-electron chi connectivity index (χ4n) is 1.57. The fourth-order valence-corrected chi connectivity index (χ4v) is 2.13. The average molecular weight is 384 g/mol. The van der Waals surface area contributed by atoms with Crippen molar-refractivity contribution in [2.45, 2.75) is 13.1 Å². The number of likely N-dealkylation sites (N-methyl/N-ethyl adjacent to an activating group) is 1. The Balaban J connectivity index is 3.10. The minimum atomic E-state index is -4.49. The number of hydrogen-bond acceptors (Lipinski definition) is 4. The van der Waals surface area contributed by atoms with Crippen molar-refractivity contribution in [2.75, 3.05) is 38.7 Å². The SMILES string of the molecule is CCOC(=O)N(CCN(C)C)c1ncc(C(F)(F)F)cc1Br. The molecule has 0 bridgehead atoms. The van der Waals surface area contributed by atoms with Gasteiger partial charge in [0.1, 0.15) is 0 Å². The molecule has 1 rings (SSSR count). The van der Waals surface area contributed by atoms with Crippen LogP contribution >= 0.6 is 15.9 Å². The van der Waals surface area contributed by atoms with Gasteiger partial charge in [-0.1, -0.05) is 0 Å². The van der Waals surface area contributed by atoms with Crippen LogP contribution < -0.4 is 4.90 Å². The molecule has 1 amide bonds. The van der Waals surface area contributed by atoms with Crippen LogP contribution in [0.1, 0.15) is 12.5 Å². The molecule has 1 heterocycles. The van der Waals surface area contributed by atoms with E-state index in [2.05, 4.69) is 20.9 Å². The summed E-state index contributed by atoms with van der Waals surface area (Å²) in [5.41, 5.74) is -0.889. The van der Waals surface area contributed by atoms with Gasteiger partial charge in [0.25, 0.3) is 0 Å². The second-order valence-corrected chi connectivity index (χ2v) is 5.54. The van der Waals surface area contributed by atoms with Gasteiger partial charge in [-0.05, 0) is 43.0 Å². The number of carbonyl (C=O) groups is 1. The van der Waals surface area contributed by atoms with Crippen LogP contribution in [0.2, 0.25) is 0 Å². The standard InChI is InChI=1S/C13H17BrF3N3O2/c1-4-22-12(21)20(6-5-19(2)3)11-10(14)7-9(8-18-11)13(15,16)17/h7-8H,4-6H2,1-3H3. The van der Waals surface area contributed by atoms with Crippen molar-refractivity contribution in [3.05, 3.63) is 22.3 Å². The summed E-state index contributed by atoms with van der Waals surface area (Å²) in [6.07, 6.45) is -4.45. The smallest absolute Gasteiger partial charge is 0.417 e. The zero-order valence-corrected chi connectivity index (χ0v) is 14.0. The molecule has 0 saturated heterocycles. The predicted octanol–water partition coefficient (Wildman–Crippen LogP) is 3.39. The number of aromatic nitrogens is 1. The molecule has 0 aliphatic rings. The number of amides is 1. The Labute approximate surface area is 135 Å². The van der Waals surface area contributed by atoms with E-state index in [1.807, 2.05) is 19.0 Å². The van der Waals surface area contributed by atoms with E-state index in [1.165, 1.54) is 4.90 Å². The van der Waals surface area contributed by atoms with Crippen LogP contribution in [-0.2, 0) is 10.9 Å². The lowest BCUT2D eigenvalue weighted by atomic mass is 10.2. The quantitative estimate of drug-likeness (QED) is 0.781. The molecule has 1 aromatic rings. The molecule has 0 N–H and O–H groups in total. The van der Waals surface area contributed by atoms with Crippen LogP contribution in [0.25, 0.3) is 0 Å². The molecule has 0 aliphatic carbocycles. The maximum Gasteiger partial charge on any atom is 0.417 e. The molecular formula is C13H17BrF3N3O2. The lowest BCUT2D eigenvalue weighted by molar-refractivity contribution is -0.137. The molecule has 9 heteroatoms. The highest BCUT2D eigenvalue weighted by Crippen LogP contribution is 2.33. The molecule has 0 unspecified atom stereocenters. The minimum absolute atomic E-state index is 0.0779. The molecule has 124 valence electrons. The number of hydrogen-bond donors (Lipinski definition) is 0. The van der Waals surface area contributed by atoms with Crippen molar-refractivity contribution in [3.63, 3.8) is 0 Å². The van der Waals surface area contributed by atoms with Crippen molar-refractivity contribution in [1.29, 1.82) is 0 Å². The van der Waals surface area contributed by atoms with Gasteiger partial charge in [0.15, 0.2) is 5.82 Å². The number of ether oxygens (including phenoxy) is 1. The highest BCUT2D eigenvalue weighted by molar-refractivity contribution is 9.10. The summed E-state index contributed by atoms with van der Waals surface area (Å²) in [5.74, 6) is 0.0910. The zero-order valence-electron chi connectivity index (χ0n) is 12.4. The topological polar surface area (TPSA) is 45.7 Å². The summed E-state index contributed by atoms with van der Waals surface area (Å²) < 4.78 is 43.0. The number of halogens is 4. The highest BCUT2D eigenvalue weighted by Gasteiger charge is 2.32. The number of carbonyl (C=O) groups excluding carboxylic acids is 1. The van der Waals surface area contributed by atoms with E-state index in [9.17, 15) is 18.0 Å². The second kappa shape index (κ2) is 7.77. The molecular weight excluding hydrogens is 367 g/mol. The maximum absolute atomic E-state index is 12.7. The Morgan fingerprint density at radius 2 is 2.00 bits per heavy atom. The van der Waals surface area contributed by atoms with Crippen molar-refractivity contribution in [3.8, 4) is 0 Å². The summed E-state index contributed by atoms with van der Waals surface area (Å²) in [5, 5.41) is 0. The van der Waals surface area contributed by atoms with Crippen molar-refractivity contribution in [2.24, 2.45) is 0 Å². The van der Waals surface area contributed by atoms with Gasteiger partial charge in [-0.2, -0.15) is 13.2 Å². The third kappa shape index (κ3) is 5.13. The number of alkyl halides is 3. The first-order chi connectivity index (χ1) is 10.2. The van der Waals surface area contributed by atoms with E-state index in [0.29, 0.717) is 12.7 Å². The number of pyridine rings is 1. The molecule has 0 atom stereocenters. The lowest BCUT2D eigenvalue weighted by Gasteiger charge is -2.24. The first-order valence-corrected chi connectivity index (χ1v) is 7.27. The first kappa shape index (κ1) is 18.7. The lowest BCUT2D eigenvalue weighted by Crippen LogP contribution is -2.38. The highest BCUT2D eigenvalue weighted by atomic mass is 79.9. The van der Waals surface area contributed by atoms with Gasteiger partial charge in [0, 0.05) is 19.3 Å². The van der Waals surface area contributed by atoms with Crippen LogP contribution in [0.4, 0.5) is 23.8 Å². The van der Waals surface area contributed by atoms with Crippen LogP contribution in [-0.4, -0.2) is 49.8 Å². The molecule has 0 aromatic carbocycles. The largest absolute Gasteiger partial charge is 0.449 e. The molecule has 22 heavy (non-hydrogen) atoms. The number of rotatable bonds is 5. The predicted molar refractivity (Wildman–Crippen MR) is 79.9 cm³/mol. The molecule has 0 aliphatic heterocycles. The Morgan fingerprint density at radius 1 is 1.36 bits per heavy atom. The van der Waals surface area contributed by atoms with Crippen LogP contribution in [0, 0.1) is 0 Å². The Morgan fingerprint density at radius 3 is 2.45 bits per heavy atom. The van der Waals surface area contributed by atoms with Gasteiger partial charge < -0.3 is 9.64 Å². The number of nitrogens with zero attached hydrogens (tertiary/aromatic N) is 3. The van der Waals surface area contributed by atoms with Crippen LogP contribution in [0.5, 0.6) is 0 Å². The summed E-state index contributed by atoms with van der Waals surface area (Å²) in [4.78, 5) is 18.8. The minimum Gasteiger partial charge on any atom is -0.449 e. The monoisotopic (exact) mass is 383 g/mol. The second-order valence-electron chi connectivity index (χ2n) is 4.68. The van der Waals surface area contributed by atoms with Gasteiger partial charge >= 0.3 is 12.3 Å². The number of anilines is 1. The molecule has 0 spiro atoms. The van der Waals surface area contributed by atoms with Gasteiger partial charge in [0.05, 0.1) is 16.6 Å². The van der Waals surface area contributed by atoms with Gasteiger partial charge in [0.2, 0.25) is 0 Å². The third-order valence-corrected chi connectivity index (χ3v) is 3.25. The average Bonchev–Trinajstić information content (AvgIpc) is 2.39. The molecule has 5 nitrogen and oxygen atoms in total. The fraction of sp³-hybridized carbons (Fsp3) is 0.538. The van der Waals surface area contributed by atoms with E-state index in [0.717, 1.165) is 6.07 Å². The van der Waals surface area contributed by atoms with E-state index >= 15 is 0 Å². The zero-order chi connectivity index (χ0) is 16.9. The van der Waals surface area contributed by atoms with Gasteiger partial charge in [-0.3, -0.25) is 4.90 Å². The summed E-state index contributed by atoms with van der Waals surface area (Å²) in [6.45, 7) is 2.56. The van der Waals surface area contributed by atoms with Crippen LogP contribution in [0.15, 0.2) is 16.7 Å². The normalized spacial score (nSPS) is 11.6. The van der Waals surface area contributed by atoms with E-state index in [-0.39, 0.29) is 23.4 Å². The molecule has 0 fully saturated rings. The van der Waals surface area contributed by atoms with E-state index in [1.54, 1.807) is 6.92 Å². The summed E-state index contributed by atoms with van der Waals surface area (Å²) >= 11 is 3.04. The molecule has 1 aromatic heterocycles. The Bertz CT molecular complexity index is 524. The van der Waals surface area contributed by atoms with Crippen molar-refractivity contribution in [1.82, 2.24) is 9.88 Å². The summed E-state index contributed by atoms with van der Waals surface area (Å²) in [6, 6.07) is 0.893. The summed E-state index contributed by atoms with van der Waals surface area (Å²) in [7, 11) is 3.64. The molecule has 0 radical (unpaired) electrons.